The Balaban J connectivity index is 3.06. The van der Waals surface area contributed by atoms with Crippen molar-refractivity contribution in [3.05, 3.63) is 48.1 Å². The Hall–Kier alpha value is -1.36. The third-order valence-electron chi connectivity index (χ3n) is 2.92. The smallest absolute Gasteiger partial charge is 0.162 e. The molecule has 0 bridgehead atoms. The summed E-state index contributed by atoms with van der Waals surface area (Å²) in [5.74, 6) is -2.19. The van der Waals surface area contributed by atoms with E-state index in [0.29, 0.717) is 12.8 Å². The average Bonchev–Trinajstić information content (AvgIpc) is 2.41. The summed E-state index contributed by atoms with van der Waals surface area (Å²) in [6.45, 7) is 9.05. The fourth-order valence-corrected chi connectivity index (χ4v) is 2.28. The standard InChI is InChI=1S/C16H21F2NOS/c1-5-6-8-12(11-19-21(20)16(2,3)4)13-9-7-10-14(17)15(13)18/h5,7,9-12H,1,6,8H2,2-4H3/t12-,21?/m1/s1. The molecular formula is C16H21F2NOS. The normalized spacial score (nSPS) is 15.1. The number of halogens is 2. The molecule has 21 heavy (non-hydrogen) atoms. The third-order valence-corrected chi connectivity index (χ3v) is 4.28. The van der Waals surface area contributed by atoms with Gasteiger partial charge >= 0.3 is 0 Å². The summed E-state index contributed by atoms with van der Waals surface area (Å²) in [7, 11) is -1.42. The lowest BCUT2D eigenvalue weighted by Gasteiger charge is -2.16. The summed E-state index contributed by atoms with van der Waals surface area (Å²) in [4.78, 5) is 0. The largest absolute Gasteiger partial charge is 0.234 e. The zero-order valence-corrected chi connectivity index (χ0v) is 13.4. The van der Waals surface area contributed by atoms with Crippen molar-refractivity contribution in [3.63, 3.8) is 0 Å². The molecule has 0 fully saturated rings. The van der Waals surface area contributed by atoms with Gasteiger partial charge in [0.2, 0.25) is 0 Å². The maximum Gasteiger partial charge on any atom is 0.162 e. The SMILES string of the molecule is C=CCC[C@H](C=NS(=O)C(C)(C)C)c1cccc(F)c1F. The molecule has 0 aliphatic heterocycles. The first-order valence-corrected chi connectivity index (χ1v) is 7.89. The molecule has 0 aliphatic carbocycles. The van der Waals surface area contributed by atoms with E-state index in [4.69, 9.17) is 0 Å². The molecule has 2 nitrogen and oxygen atoms in total. The van der Waals surface area contributed by atoms with Crippen LogP contribution in [-0.4, -0.2) is 15.2 Å². The van der Waals surface area contributed by atoms with Crippen LogP contribution in [0.1, 0.15) is 45.1 Å². The molecule has 1 unspecified atom stereocenters. The van der Waals surface area contributed by atoms with Crippen molar-refractivity contribution in [2.75, 3.05) is 0 Å². The Kier molecular flexibility index (Phi) is 6.40. The summed E-state index contributed by atoms with van der Waals surface area (Å²) >= 11 is 0. The predicted molar refractivity (Wildman–Crippen MR) is 84.9 cm³/mol. The number of rotatable bonds is 6. The van der Waals surface area contributed by atoms with Crippen LogP contribution in [0.2, 0.25) is 0 Å². The third kappa shape index (κ3) is 5.16. The molecule has 0 saturated heterocycles. The molecule has 0 radical (unpaired) electrons. The number of allylic oxidation sites excluding steroid dienone is 1. The van der Waals surface area contributed by atoms with Crippen molar-refractivity contribution < 1.29 is 13.0 Å². The highest BCUT2D eigenvalue weighted by molar-refractivity contribution is 7.85. The van der Waals surface area contributed by atoms with Crippen LogP contribution in [0.3, 0.4) is 0 Å². The predicted octanol–water partition coefficient (Wildman–Crippen LogP) is 4.55. The average molecular weight is 313 g/mol. The van der Waals surface area contributed by atoms with Crippen molar-refractivity contribution in [1.82, 2.24) is 0 Å². The van der Waals surface area contributed by atoms with Gasteiger partial charge < -0.3 is 0 Å². The van der Waals surface area contributed by atoms with E-state index in [9.17, 15) is 13.0 Å². The summed E-state index contributed by atoms with van der Waals surface area (Å²) in [6.07, 6.45) is 4.34. The van der Waals surface area contributed by atoms with Gasteiger partial charge in [0.1, 0.15) is 11.0 Å². The number of nitrogens with zero attached hydrogens (tertiary/aromatic N) is 1. The van der Waals surface area contributed by atoms with Gasteiger partial charge in [0.25, 0.3) is 0 Å². The molecule has 0 N–H and O–H groups in total. The minimum atomic E-state index is -1.42. The number of benzene rings is 1. The van der Waals surface area contributed by atoms with Crippen molar-refractivity contribution in [2.24, 2.45) is 4.40 Å². The summed E-state index contributed by atoms with van der Waals surface area (Å²) < 4.78 is 42.7. The zero-order valence-electron chi connectivity index (χ0n) is 12.6. The van der Waals surface area contributed by atoms with Crippen molar-refractivity contribution in [2.45, 2.75) is 44.3 Å². The van der Waals surface area contributed by atoms with Crippen molar-refractivity contribution in [3.8, 4) is 0 Å². The van der Waals surface area contributed by atoms with Crippen LogP contribution < -0.4 is 0 Å². The molecule has 0 spiro atoms. The Labute approximate surface area is 127 Å². The van der Waals surface area contributed by atoms with E-state index < -0.39 is 33.3 Å². The molecule has 0 aliphatic rings. The minimum Gasteiger partial charge on any atom is -0.234 e. The van der Waals surface area contributed by atoms with Crippen LogP contribution in [0.25, 0.3) is 0 Å². The molecule has 0 saturated carbocycles. The highest BCUT2D eigenvalue weighted by Crippen LogP contribution is 2.25. The molecule has 1 aromatic carbocycles. The minimum absolute atomic E-state index is 0.228. The van der Waals surface area contributed by atoms with E-state index in [1.54, 1.807) is 6.08 Å². The lowest BCUT2D eigenvalue weighted by atomic mass is 9.95. The lowest BCUT2D eigenvalue weighted by molar-refractivity contribution is 0.495. The van der Waals surface area contributed by atoms with Gasteiger partial charge in [0, 0.05) is 12.1 Å². The van der Waals surface area contributed by atoms with Gasteiger partial charge in [-0.1, -0.05) is 18.2 Å². The van der Waals surface area contributed by atoms with Crippen LogP contribution in [-0.2, 0) is 11.0 Å². The van der Waals surface area contributed by atoms with E-state index in [1.165, 1.54) is 18.3 Å². The van der Waals surface area contributed by atoms with E-state index in [0.717, 1.165) is 6.07 Å². The second-order valence-corrected chi connectivity index (χ2v) is 7.67. The number of hydrogen-bond acceptors (Lipinski definition) is 1. The van der Waals surface area contributed by atoms with Gasteiger partial charge in [-0.3, -0.25) is 0 Å². The summed E-state index contributed by atoms with van der Waals surface area (Å²) in [5, 5.41) is 0. The van der Waals surface area contributed by atoms with E-state index in [2.05, 4.69) is 11.0 Å². The Morgan fingerprint density at radius 2 is 2.05 bits per heavy atom. The van der Waals surface area contributed by atoms with Gasteiger partial charge in [-0.05, 0) is 45.2 Å². The van der Waals surface area contributed by atoms with Gasteiger partial charge in [0.05, 0.1) is 4.75 Å². The molecule has 5 heteroatoms. The first kappa shape index (κ1) is 17.7. The second kappa shape index (κ2) is 7.59. The maximum absolute atomic E-state index is 13.9. The quantitative estimate of drug-likeness (QED) is 0.560. The van der Waals surface area contributed by atoms with Gasteiger partial charge in [-0.2, -0.15) is 4.40 Å². The van der Waals surface area contributed by atoms with Crippen LogP contribution in [0.15, 0.2) is 35.3 Å². The number of hydrogen-bond donors (Lipinski definition) is 0. The fourth-order valence-electron chi connectivity index (χ4n) is 1.70. The molecule has 0 amide bonds. The fraction of sp³-hybridized carbons (Fsp3) is 0.438. The van der Waals surface area contributed by atoms with Crippen LogP contribution in [0, 0.1) is 11.6 Å². The van der Waals surface area contributed by atoms with Crippen molar-refractivity contribution >= 4 is 17.2 Å². The van der Waals surface area contributed by atoms with Gasteiger partial charge in [-0.25, -0.2) is 13.0 Å². The van der Waals surface area contributed by atoms with Crippen LogP contribution >= 0.6 is 0 Å². The maximum atomic E-state index is 13.9. The molecule has 0 heterocycles. The molecule has 0 aromatic heterocycles. The van der Waals surface area contributed by atoms with E-state index in [1.807, 2.05) is 20.8 Å². The van der Waals surface area contributed by atoms with E-state index >= 15 is 0 Å². The monoisotopic (exact) mass is 313 g/mol. The van der Waals surface area contributed by atoms with Gasteiger partial charge in [-0.15, -0.1) is 6.58 Å². The first-order valence-electron chi connectivity index (χ1n) is 6.78. The second-order valence-electron chi connectivity index (χ2n) is 5.73. The highest BCUT2D eigenvalue weighted by atomic mass is 32.2. The zero-order chi connectivity index (χ0) is 16.0. The van der Waals surface area contributed by atoms with Crippen LogP contribution in [0.4, 0.5) is 8.78 Å². The molecule has 1 rings (SSSR count). The lowest BCUT2D eigenvalue weighted by Crippen LogP contribution is -2.20. The van der Waals surface area contributed by atoms with Crippen molar-refractivity contribution in [1.29, 1.82) is 0 Å². The topological polar surface area (TPSA) is 29.4 Å². The molecule has 2 atom stereocenters. The Bertz CT molecular complexity index is 550. The molecule has 1 aromatic rings. The van der Waals surface area contributed by atoms with Gasteiger partial charge in [0.15, 0.2) is 11.6 Å². The van der Waals surface area contributed by atoms with E-state index in [-0.39, 0.29) is 5.56 Å². The van der Waals surface area contributed by atoms with Crippen LogP contribution in [0.5, 0.6) is 0 Å². The molecule has 116 valence electrons. The Morgan fingerprint density at radius 1 is 1.38 bits per heavy atom. The highest BCUT2D eigenvalue weighted by Gasteiger charge is 2.20. The Morgan fingerprint density at radius 3 is 2.62 bits per heavy atom. The summed E-state index contributed by atoms with van der Waals surface area (Å²) in [5.41, 5.74) is 0.228. The molecular weight excluding hydrogens is 292 g/mol. The summed E-state index contributed by atoms with van der Waals surface area (Å²) in [6, 6.07) is 4.06. The first-order chi connectivity index (χ1) is 9.77.